The van der Waals surface area contributed by atoms with Crippen molar-refractivity contribution in [2.45, 2.75) is 33.4 Å². The standard InChI is InChI=1S/C25H24N2O3/c1-17-10-23-21(16-30-24(23)11-18(17)2)12-25(28)27-14-19-5-7-22(8-6-19)29-15-20-4-3-9-26-13-20/h3-11,13,16H,12,14-15H2,1-2H3,(H,27,28). The van der Waals surface area contributed by atoms with E-state index in [1.165, 1.54) is 11.1 Å². The first-order valence-electron chi connectivity index (χ1n) is 9.93. The second-order valence-electron chi connectivity index (χ2n) is 7.44. The number of nitrogens with zero attached hydrogens (tertiary/aromatic N) is 1. The van der Waals surface area contributed by atoms with Crippen molar-refractivity contribution in [3.63, 3.8) is 0 Å². The zero-order valence-electron chi connectivity index (χ0n) is 17.1. The number of hydrogen-bond acceptors (Lipinski definition) is 4. The Morgan fingerprint density at radius 3 is 2.63 bits per heavy atom. The van der Waals surface area contributed by atoms with Gasteiger partial charge in [-0.2, -0.15) is 0 Å². The van der Waals surface area contributed by atoms with Crippen molar-refractivity contribution in [3.05, 3.63) is 95.0 Å². The number of benzene rings is 2. The third-order valence-corrected chi connectivity index (χ3v) is 5.16. The van der Waals surface area contributed by atoms with Crippen LogP contribution in [0.3, 0.4) is 0 Å². The molecule has 2 aromatic carbocycles. The average Bonchev–Trinajstić information content (AvgIpc) is 3.14. The predicted octanol–water partition coefficient (Wildman–Crippen LogP) is 4.88. The number of hydrogen-bond donors (Lipinski definition) is 1. The maximum Gasteiger partial charge on any atom is 0.224 e. The highest BCUT2D eigenvalue weighted by molar-refractivity contribution is 5.88. The Kier molecular flexibility index (Phi) is 5.80. The molecule has 0 unspecified atom stereocenters. The van der Waals surface area contributed by atoms with Crippen molar-refractivity contribution in [2.75, 3.05) is 0 Å². The van der Waals surface area contributed by atoms with Gasteiger partial charge in [0.1, 0.15) is 17.9 Å². The first-order valence-corrected chi connectivity index (χ1v) is 9.93. The number of furan rings is 1. The summed E-state index contributed by atoms with van der Waals surface area (Å²) >= 11 is 0. The van der Waals surface area contributed by atoms with Crippen LogP contribution in [0.5, 0.6) is 5.75 Å². The molecule has 152 valence electrons. The molecule has 2 heterocycles. The lowest BCUT2D eigenvalue weighted by Crippen LogP contribution is -2.24. The first-order chi connectivity index (χ1) is 14.6. The molecule has 0 saturated heterocycles. The quantitative estimate of drug-likeness (QED) is 0.480. The van der Waals surface area contributed by atoms with Gasteiger partial charge in [-0.05, 0) is 60.9 Å². The first kappa shape index (κ1) is 19.7. The fourth-order valence-corrected chi connectivity index (χ4v) is 3.26. The van der Waals surface area contributed by atoms with E-state index in [9.17, 15) is 4.79 Å². The van der Waals surface area contributed by atoms with Gasteiger partial charge in [0.25, 0.3) is 0 Å². The molecule has 5 nitrogen and oxygen atoms in total. The fourth-order valence-electron chi connectivity index (χ4n) is 3.26. The number of pyridine rings is 1. The molecular formula is C25H24N2O3. The van der Waals surface area contributed by atoms with Gasteiger partial charge in [-0.25, -0.2) is 0 Å². The zero-order chi connectivity index (χ0) is 20.9. The average molecular weight is 400 g/mol. The SMILES string of the molecule is Cc1cc2occ(CC(=O)NCc3ccc(OCc4cccnc4)cc3)c2cc1C. The minimum atomic E-state index is -0.0344. The van der Waals surface area contributed by atoms with Gasteiger partial charge < -0.3 is 14.5 Å². The molecule has 1 amide bonds. The molecule has 0 atom stereocenters. The molecule has 0 aliphatic carbocycles. The summed E-state index contributed by atoms with van der Waals surface area (Å²) < 4.78 is 11.4. The lowest BCUT2D eigenvalue weighted by Gasteiger charge is -2.08. The molecule has 5 heteroatoms. The van der Waals surface area contributed by atoms with Crippen LogP contribution in [-0.4, -0.2) is 10.9 Å². The van der Waals surface area contributed by atoms with E-state index in [-0.39, 0.29) is 5.91 Å². The van der Waals surface area contributed by atoms with Gasteiger partial charge in [0.05, 0.1) is 12.7 Å². The van der Waals surface area contributed by atoms with Crippen LogP contribution in [-0.2, 0) is 24.4 Å². The van der Waals surface area contributed by atoms with E-state index in [2.05, 4.69) is 30.2 Å². The highest BCUT2D eigenvalue weighted by Gasteiger charge is 2.11. The molecule has 2 aromatic heterocycles. The van der Waals surface area contributed by atoms with Crippen molar-refractivity contribution in [2.24, 2.45) is 0 Å². The summed E-state index contributed by atoms with van der Waals surface area (Å²) in [5, 5.41) is 3.98. The van der Waals surface area contributed by atoms with Gasteiger partial charge in [0.2, 0.25) is 5.91 Å². The van der Waals surface area contributed by atoms with Crippen LogP contribution in [0.15, 0.2) is 71.6 Å². The highest BCUT2D eigenvalue weighted by atomic mass is 16.5. The van der Waals surface area contributed by atoms with Gasteiger partial charge in [0.15, 0.2) is 0 Å². The lowest BCUT2D eigenvalue weighted by molar-refractivity contribution is -0.120. The Hall–Kier alpha value is -3.60. The van der Waals surface area contributed by atoms with Crippen molar-refractivity contribution in [3.8, 4) is 5.75 Å². The zero-order valence-corrected chi connectivity index (χ0v) is 17.1. The number of nitrogens with one attached hydrogen (secondary N) is 1. The minimum Gasteiger partial charge on any atom is -0.489 e. The summed E-state index contributed by atoms with van der Waals surface area (Å²) in [6, 6.07) is 15.7. The normalized spacial score (nSPS) is 10.9. The number of carbonyl (C=O) groups excluding carboxylic acids is 1. The van der Waals surface area contributed by atoms with Gasteiger partial charge >= 0.3 is 0 Å². The molecule has 4 aromatic rings. The summed E-state index contributed by atoms with van der Waals surface area (Å²) in [5.74, 6) is 0.747. The Morgan fingerprint density at radius 1 is 1.07 bits per heavy atom. The molecule has 1 N–H and O–H groups in total. The number of amides is 1. The van der Waals surface area contributed by atoms with Crippen molar-refractivity contribution in [1.82, 2.24) is 10.3 Å². The number of ether oxygens (including phenoxy) is 1. The van der Waals surface area contributed by atoms with E-state index in [0.717, 1.165) is 33.4 Å². The Morgan fingerprint density at radius 2 is 1.87 bits per heavy atom. The van der Waals surface area contributed by atoms with E-state index in [0.29, 0.717) is 19.6 Å². The third kappa shape index (κ3) is 4.69. The van der Waals surface area contributed by atoms with Crippen LogP contribution in [0.2, 0.25) is 0 Å². The summed E-state index contributed by atoms with van der Waals surface area (Å²) in [7, 11) is 0. The third-order valence-electron chi connectivity index (χ3n) is 5.16. The predicted molar refractivity (Wildman–Crippen MR) is 116 cm³/mol. The maximum atomic E-state index is 12.4. The number of aromatic nitrogens is 1. The van der Waals surface area contributed by atoms with Gasteiger partial charge in [-0.3, -0.25) is 9.78 Å². The van der Waals surface area contributed by atoms with Gasteiger partial charge in [0, 0.05) is 35.5 Å². The number of aryl methyl sites for hydroxylation is 2. The number of fused-ring (bicyclic) bond motifs is 1. The van der Waals surface area contributed by atoms with E-state index in [4.69, 9.17) is 9.15 Å². The number of rotatable bonds is 7. The Bertz CT molecular complexity index is 1150. The van der Waals surface area contributed by atoms with Crippen LogP contribution < -0.4 is 10.1 Å². The second-order valence-corrected chi connectivity index (χ2v) is 7.44. The molecule has 0 bridgehead atoms. The fraction of sp³-hybridized carbons (Fsp3) is 0.200. The molecule has 0 fully saturated rings. The van der Waals surface area contributed by atoms with Gasteiger partial charge in [-0.1, -0.05) is 18.2 Å². The van der Waals surface area contributed by atoms with Crippen molar-refractivity contribution < 1.29 is 13.9 Å². The summed E-state index contributed by atoms with van der Waals surface area (Å²) in [4.78, 5) is 16.5. The molecule has 30 heavy (non-hydrogen) atoms. The maximum absolute atomic E-state index is 12.4. The topological polar surface area (TPSA) is 64.4 Å². The number of carbonyl (C=O) groups is 1. The lowest BCUT2D eigenvalue weighted by atomic mass is 10.0. The Balaban J connectivity index is 1.30. The van der Waals surface area contributed by atoms with Crippen LogP contribution in [0, 0.1) is 13.8 Å². The van der Waals surface area contributed by atoms with Crippen LogP contribution in [0.1, 0.15) is 27.8 Å². The molecule has 0 aliphatic heterocycles. The second kappa shape index (κ2) is 8.82. The van der Waals surface area contributed by atoms with Crippen molar-refractivity contribution in [1.29, 1.82) is 0 Å². The molecule has 0 aliphatic rings. The molecule has 0 saturated carbocycles. The van der Waals surface area contributed by atoms with Crippen LogP contribution in [0.25, 0.3) is 11.0 Å². The van der Waals surface area contributed by atoms with Crippen molar-refractivity contribution >= 4 is 16.9 Å². The minimum absolute atomic E-state index is 0.0344. The van der Waals surface area contributed by atoms with E-state index in [1.807, 2.05) is 42.5 Å². The molecular weight excluding hydrogens is 376 g/mol. The molecule has 0 radical (unpaired) electrons. The van der Waals surface area contributed by atoms with Crippen LogP contribution >= 0.6 is 0 Å². The Labute approximate surface area is 175 Å². The van der Waals surface area contributed by atoms with E-state index >= 15 is 0 Å². The molecule has 4 rings (SSSR count). The van der Waals surface area contributed by atoms with Gasteiger partial charge in [-0.15, -0.1) is 0 Å². The highest BCUT2D eigenvalue weighted by Crippen LogP contribution is 2.25. The van der Waals surface area contributed by atoms with Crippen LogP contribution in [0.4, 0.5) is 0 Å². The molecule has 0 spiro atoms. The summed E-state index contributed by atoms with van der Waals surface area (Å²) in [6.45, 7) is 5.06. The van der Waals surface area contributed by atoms with E-state index in [1.54, 1.807) is 18.7 Å². The summed E-state index contributed by atoms with van der Waals surface area (Å²) in [6.07, 6.45) is 5.50. The largest absolute Gasteiger partial charge is 0.489 e. The van der Waals surface area contributed by atoms with E-state index < -0.39 is 0 Å². The monoisotopic (exact) mass is 400 g/mol. The smallest absolute Gasteiger partial charge is 0.224 e. The summed E-state index contributed by atoms with van der Waals surface area (Å²) in [5.41, 5.74) is 6.14.